The number of hydrogen-bond donors (Lipinski definition) is 3. The molecule has 110 valence electrons. The number of carbonyl (C=O) groups is 2. The lowest BCUT2D eigenvalue weighted by molar-refractivity contribution is -0.138. The first-order chi connectivity index (χ1) is 9.43. The van der Waals surface area contributed by atoms with E-state index in [1.54, 1.807) is 6.07 Å². The SMILES string of the molecule is CCC(CNC(=O)Nc1c(F)cccc1Br)CC(=O)O. The summed E-state index contributed by atoms with van der Waals surface area (Å²) < 4.78 is 13.9. The van der Waals surface area contributed by atoms with Crippen LogP contribution in [0.5, 0.6) is 0 Å². The van der Waals surface area contributed by atoms with Crippen molar-refractivity contribution in [3.63, 3.8) is 0 Å². The fourth-order valence-corrected chi connectivity index (χ4v) is 2.06. The van der Waals surface area contributed by atoms with E-state index in [4.69, 9.17) is 5.11 Å². The van der Waals surface area contributed by atoms with Crippen LogP contribution < -0.4 is 10.6 Å². The number of aliphatic carboxylic acids is 1. The molecule has 2 amide bonds. The van der Waals surface area contributed by atoms with Gasteiger partial charge in [0.1, 0.15) is 5.82 Å². The lowest BCUT2D eigenvalue weighted by atomic mass is 10.0. The summed E-state index contributed by atoms with van der Waals surface area (Å²) >= 11 is 3.14. The van der Waals surface area contributed by atoms with Crippen molar-refractivity contribution in [2.45, 2.75) is 19.8 Å². The molecule has 0 radical (unpaired) electrons. The Balaban J connectivity index is 2.53. The van der Waals surface area contributed by atoms with Crippen LogP contribution >= 0.6 is 15.9 Å². The molecule has 3 N–H and O–H groups in total. The highest BCUT2D eigenvalue weighted by molar-refractivity contribution is 9.10. The number of amides is 2. The van der Waals surface area contributed by atoms with E-state index in [0.717, 1.165) is 0 Å². The van der Waals surface area contributed by atoms with Crippen LogP contribution in [0.4, 0.5) is 14.9 Å². The van der Waals surface area contributed by atoms with Crippen molar-refractivity contribution in [1.29, 1.82) is 0 Å². The van der Waals surface area contributed by atoms with Gasteiger partial charge in [0.2, 0.25) is 0 Å². The number of carboxylic acids is 1. The van der Waals surface area contributed by atoms with Crippen molar-refractivity contribution < 1.29 is 19.1 Å². The van der Waals surface area contributed by atoms with Gasteiger partial charge < -0.3 is 15.7 Å². The van der Waals surface area contributed by atoms with Crippen LogP contribution in [-0.2, 0) is 4.79 Å². The smallest absolute Gasteiger partial charge is 0.319 e. The van der Waals surface area contributed by atoms with Crippen molar-refractivity contribution in [1.82, 2.24) is 5.32 Å². The molecule has 20 heavy (non-hydrogen) atoms. The highest BCUT2D eigenvalue weighted by Crippen LogP contribution is 2.24. The van der Waals surface area contributed by atoms with E-state index >= 15 is 0 Å². The molecule has 0 saturated carbocycles. The van der Waals surface area contributed by atoms with Crippen LogP contribution in [0.2, 0.25) is 0 Å². The standard InChI is InChI=1S/C13H16BrFN2O3/c1-2-8(6-11(18)19)7-16-13(20)17-12-9(14)4-3-5-10(12)15/h3-5,8H,2,6-7H2,1H3,(H,18,19)(H2,16,17,20). The van der Waals surface area contributed by atoms with Gasteiger partial charge in [0.25, 0.3) is 0 Å². The minimum atomic E-state index is -0.907. The average molecular weight is 347 g/mol. The third-order valence-corrected chi connectivity index (χ3v) is 3.45. The number of hydrogen-bond acceptors (Lipinski definition) is 2. The summed E-state index contributed by atoms with van der Waals surface area (Å²) in [5, 5.41) is 13.6. The molecule has 0 fully saturated rings. The van der Waals surface area contributed by atoms with E-state index in [1.807, 2.05) is 6.92 Å². The van der Waals surface area contributed by atoms with Gasteiger partial charge in [-0.3, -0.25) is 4.79 Å². The Morgan fingerprint density at radius 3 is 2.70 bits per heavy atom. The number of benzene rings is 1. The Morgan fingerprint density at radius 2 is 2.15 bits per heavy atom. The summed E-state index contributed by atoms with van der Waals surface area (Å²) in [4.78, 5) is 22.3. The molecular formula is C13H16BrFN2O3. The second-order valence-electron chi connectivity index (χ2n) is 4.30. The number of rotatable bonds is 6. The fourth-order valence-electron chi connectivity index (χ4n) is 1.62. The molecule has 0 aliphatic carbocycles. The second kappa shape index (κ2) is 7.84. The maximum atomic E-state index is 13.5. The Hall–Kier alpha value is -1.63. The minimum absolute atomic E-state index is 0.0137. The van der Waals surface area contributed by atoms with Gasteiger partial charge in [-0.2, -0.15) is 0 Å². The van der Waals surface area contributed by atoms with Crippen LogP contribution in [-0.4, -0.2) is 23.7 Å². The summed E-state index contributed by atoms with van der Waals surface area (Å²) in [6, 6.07) is 3.79. The molecule has 7 heteroatoms. The molecule has 0 aromatic heterocycles. The molecule has 1 unspecified atom stereocenters. The van der Waals surface area contributed by atoms with E-state index in [1.165, 1.54) is 12.1 Å². The van der Waals surface area contributed by atoms with Crippen molar-refractivity contribution in [2.75, 3.05) is 11.9 Å². The highest BCUT2D eigenvalue weighted by atomic mass is 79.9. The van der Waals surface area contributed by atoms with Gasteiger partial charge in [-0.05, 0) is 34.0 Å². The highest BCUT2D eigenvalue weighted by Gasteiger charge is 2.14. The van der Waals surface area contributed by atoms with Crippen LogP contribution in [0.15, 0.2) is 22.7 Å². The molecule has 0 heterocycles. The predicted molar refractivity (Wildman–Crippen MR) is 77.2 cm³/mol. The first kappa shape index (κ1) is 16.4. The van der Waals surface area contributed by atoms with Crippen LogP contribution in [0.1, 0.15) is 19.8 Å². The number of urea groups is 1. The number of nitrogens with one attached hydrogen (secondary N) is 2. The maximum Gasteiger partial charge on any atom is 0.319 e. The van der Waals surface area contributed by atoms with E-state index < -0.39 is 17.8 Å². The first-order valence-electron chi connectivity index (χ1n) is 6.14. The Morgan fingerprint density at radius 1 is 1.45 bits per heavy atom. The minimum Gasteiger partial charge on any atom is -0.481 e. The molecule has 1 rings (SSSR count). The quantitative estimate of drug-likeness (QED) is 0.739. The fraction of sp³-hybridized carbons (Fsp3) is 0.385. The summed E-state index contributed by atoms with van der Waals surface area (Å²) in [5.74, 6) is -1.61. The van der Waals surface area contributed by atoms with E-state index in [0.29, 0.717) is 10.9 Å². The third-order valence-electron chi connectivity index (χ3n) is 2.79. The summed E-state index contributed by atoms with van der Waals surface area (Å²) in [5.41, 5.74) is 0.0521. The lowest BCUT2D eigenvalue weighted by Crippen LogP contribution is -2.34. The molecule has 0 bridgehead atoms. The normalized spacial score (nSPS) is 11.8. The predicted octanol–water partition coefficient (Wildman–Crippen LogP) is 3.21. The zero-order chi connectivity index (χ0) is 15.1. The van der Waals surface area contributed by atoms with Gasteiger partial charge in [0, 0.05) is 17.4 Å². The molecule has 0 aliphatic rings. The number of halogens is 2. The summed E-state index contributed by atoms with van der Waals surface area (Å²) in [7, 11) is 0. The largest absolute Gasteiger partial charge is 0.481 e. The van der Waals surface area contributed by atoms with Gasteiger partial charge in [0.15, 0.2) is 0 Å². The number of carbonyl (C=O) groups excluding carboxylic acids is 1. The molecule has 0 aliphatic heterocycles. The van der Waals surface area contributed by atoms with Crippen molar-refractivity contribution >= 4 is 33.6 Å². The number of para-hydroxylation sites is 1. The van der Waals surface area contributed by atoms with Crippen molar-refractivity contribution in [3.8, 4) is 0 Å². The third kappa shape index (κ3) is 5.16. The van der Waals surface area contributed by atoms with E-state index in [-0.39, 0.29) is 24.6 Å². The number of carboxylic acid groups (broad SMARTS) is 1. The van der Waals surface area contributed by atoms with E-state index in [9.17, 15) is 14.0 Å². The zero-order valence-electron chi connectivity index (χ0n) is 11.0. The Labute approximate surface area is 124 Å². The Bertz CT molecular complexity index is 476. The van der Waals surface area contributed by atoms with Crippen molar-refractivity contribution in [3.05, 3.63) is 28.5 Å². The monoisotopic (exact) mass is 346 g/mol. The molecular weight excluding hydrogens is 331 g/mol. The molecule has 0 spiro atoms. The van der Waals surface area contributed by atoms with Gasteiger partial charge >= 0.3 is 12.0 Å². The van der Waals surface area contributed by atoms with Crippen LogP contribution in [0.3, 0.4) is 0 Å². The van der Waals surface area contributed by atoms with Crippen LogP contribution in [0.25, 0.3) is 0 Å². The van der Waals surface area contributed by atoms with Gasteiger partial charge in [-0.15, -0.1) is 0 Å². The molecule has 1 aromatic carbocycles. The average Bonchev–Trinajstić information content (AvgIpc) is 2.38. The van der Waals surface area contributed by atoms with Crippen molar-refractivity contribution in [2.24, 2.45) is 5.92 Å². The second-order valence-corrected chi connectivity index (χ2v) is 5.16. The molecule has 5 nitrogen and oxygen atoms in total. The zero-order valence-corrected chi connectivity index (χ0v) is 12.5. The topological polar surface area (TPSA) is 78.4 Å². The van der Waals surface area contributed by atoms with E-state index in [2.05, 4.69) is 26.6 Å². The maximum absolute atomic E-state index is 13.5. The van der Waals surface area contributed by atoms with Gasteiger partial charge in [-0.1, -0.05) is 19.4 Å². The van der Waals surface area contributed by atoms with Gasteiger partial charge in [-0.25, -0.2) is 9.18 Å². The summed E-state index contributed by atoms with van der Waals surface area (Å²) in [6.07, 6.45) is 0.621. The van der Waals surface area contributed by atoms with Crippen LogP contribution in [0, 0.1) is 11.7 Å². The summed E-state index contributed by atoms with van der Waals surface area (Å²) in [6.45, 7) is 2.07. The van der Waals surface area contributed by atoms with Gasteiger partial charge in [0.05, 0.1) is 5.69 Å². The number of anilines is 1. The molecule has 0 saturated heterocycles. The first-order valence-corrected chi connectivity index (χ1v) is 6.94. The Kier molecular flexibility index (Phi) is 6.44. The molecule has 1 aromatic rings. The lowest BCUT2D eigenvalue weighted by Gasteiger charge is -2.14. The molecule has 1 atom stereocenters.